The molecule has 5 nitrogen and oxygen atoms in total. The van der Waals surface area contributed by atoms with E-state index in [-0.39, 0.29) is 29.7 Å². The summed E-state index contributed by atoms with van der Waals surface area (Å²) in [6.45, 7) is 0. The van der Waals surface area contributed by atoms with Crippen LogP contribution in [0.3, 0.4) is 0 Å². The number of nitrogens with one attached hydrogen (secondary N) is 2. The van der Waals surface area contributed by atoms with Gasteiger partial charge in [-0.05, 0) is 36.4 Å². The van der Waals surface area contributed by atoms with Gasteiger partial charge in [-0.15, -0.1) is 11.6 Å². The average molecular weight is 361 g/mol. The summed E-state index contributed by atoms with van der Waals surface area (Å²) in [6.07, 6.45) is 0.111. The first-order valence-corrected chi connectivity index (χ1v) is 8.06. The van der Waals surface area contributed by atoms with Gasteiger partial charge in [-0.2, -0.15) is 0 Å². The lowest BCUT2D eigenvalue weighted by molar-refractivity contribution is -0.115. The zero-order valence-corrected chi connectivity index (χ0v) is 13.8. The highest BCUT2D eigenvalue weighted by atomic mass is 35.5. The van der Waals surface area contributed by atoms with Crippen molar-refractivity contribution in [2.45, 2.75) is 6.42 Å². The first-order chi connectivity index (χ1) is 12.1. The molecule has 2 aromatic carbocycles. The Labute approximate surface area is 147 Å². The molecule has 0 aliphatic rings. The highest BCUT2D eigenvalue weighted by molar-refractivity contribution is 6.20. The van der Waals surface area contributed by atoms with Gasteiger partial charge >= 0.3 is 0 Å². The van der Waals surface area contributed by atoms with Gasteiger partial charge in [0.2, 0.25) is 11.7 Å². The van der Waals surface area contributed by atoms with E-state index in [1.165, 1.54) is 24.3 Å². The minimum atomic E-state index is -0.552. The summed E-state index contributed by atoms with van der Waals surface area (Å²) in [7, 11) is 0. The lowest BCUT2D eigenvalue weighted by atomic mass is 10.2. The molecule has 0 spiro atoms. The Balaban J connectivity index is 1.94. The molecule has 7 heteroatoms. The number of hydrogen-bond acceptors (Lipinski definition) is 3. The lowest BCUT2D eigenvalue weighted by Crippen LogP contribution is -2.17. The van der Waals surface area contributed by atoms with Crippen LogP contribution in [-0.4, -0.2) is 17.7 Å². The summed E-state index contributed by atoms with van der Waals surface area (Å²) < 4.78 is 18.6. The number of hydrogen-bond donors (Lipinski definition) is 2. The van der Waals surface area contributed by atoms with E-state index in [9.17, 15) is 14.0 Å². The number of carbonyl (C=O) groups is 2. The fourth-order valence-corrected chi connectivity index (χ4v) is 2.51. The number of para-hydroxylation sites is 1. The normalized spacial score (nSPS) is 10.6. The molecule has 0 fully saturated rings. The fourth-order valence-electron chi connectivity index (χ4n) is 2.34. The van der Waals surface area contributed by atoms with Crippen molar-refractivity contribution < 1.29 is 18.4 Å². The Kier molecular flexibility index (Phi) is 5.00. The van der Waals surface area contributed by atoms with Gasteiger partial charge in [-0.1, -0.05) is 12.1 Å². The van der Waals surface area contributed by atoms with Crippen molar-refractivity contribution in [3.05, 3.63) is 60.1 Å². The first-order valence-electron chi connectivity index (χ1n) is 7.53. The van der Waals surface area contributed by atoms with Gasteiger partial charge in [0.15, 0.2) is 0 Å². The molecule has 1 heterocycles. The minimum Gasteiger partial charge on any atom is -0.449 e. The molecule has 1 aromatic heterocycles. The molecule has 25 heavy (non-hydrogen) atoms. The van der Waals surface area contributed by atoms with Gasteiger partial charge in [-0.3, -0.25) is 9.59 Å². The molecule has 3 rings (SSSR count). The lowest BCUT2D eigenvalue weighted by Gasteiger charge is -2.06. The zero-order valence-electron chi connectivity index (χ0n) is 13.0. The Morgan fingerprint density at radius 2 is 1.76 bits per heavy atom. The predicted molar refractivity (Wildman–Crippen MR) is 94.5 cm³/mol. The van der Waals surface area contributed by atoms with Gasteiger partial charge < -0.3 is 15.1 Å². The van der Waals surface area contributed by atoms with E-state index in [4.69, 9.17) is 16.0 Å². The minimum absolute atomic E-state index is 0.0338. The predicted octanol–water partition coefficient (Wildman–Crippen LogP) is 4.39. The summed E-state index contributed by atoms with van der Waals surface area (Å²) in [5, 5.41) is 5.89. The van der Waals surface area contributed by atoms with Crippen molar-refractivity contribution in [1.29, 1.82) is 0 Å². The standard InChI is InChI=1S/C18H14ClFN2O3/c19-10-9-15(23)22-16-13-3-1-2-4-14(13)25-17(16)18(24)21-12-7-5-11(20)6-8-12/h1-8H,9-10H2,(H,21,24)(H,22,23). The van der Waals surface area contributed by atoms with Crippen LogP contribution in [0, 0.1) is 5.82 Å². The van der Waals surface area contributed by atoms with Gasteiger partial charge in [0, 0.05) is 23.4 Å². The largest absolute Gasteiger partial charge is 0.449 e. The molecule has 2 N–H and O–H groups in total. The monoisotopic (exact) mass is 360 g/mol. The van der Waals surface area contributed by atoms with Crippen LogP contribution < -0.4 is 10.6 Å². The third kappa shape index (κ3) is 3.80. The molecule has 0 saturated carbocycles. The quantitative estimate of drug-likeness (QED) is 0.663. The number of fused-ring (bicyclic) bond motifs is 1. The molecule has 2 amide bonds. The maximum Gasteiger partial charge on any atom is 0.293 e. The molecular weight excluding hydrogens is 347 g/mol. The second-order valence-corrected chi connectivity index (χ2v) is 5.63. The van der Waals surface area contributed by atoms with Crippen LogP contribution in [-0.2, 0) is 4.79 Å². The van der Waals surface area contributed by atoms with Crippen LogP contribution >= 0.6 is 11.6 Å². The molecule has 128 valence electrons. The fraction of sp³-hybridized carbons (Fsp3) is 0.111. The molecule has 0 radical (unpaired) electrons. The molecule has 0 aliphatic carbocycles. The molecule has 0 bridgehead atoms. The van der Waals surface area contributed by atoms with E-state index >= 15 is 0 Å². The van der Waals surface area contributed by atoms with Gasteiger partial charge in [0.25, 0.3) is 5.91 Å². The van der Waals surface area contributed by atoms with Gasteiger partial charge in [0.05, 0.1) is 0 Å². The Bertz CT molecular complexity index is 922. The topological polar surface area (TPSA) is 71.3 Å². The SMILES string of the molecule is O=C(CCCl)Nc1c(C(=O)Nc2ccc(F)cc2)oc2ccccc12. The van der Waals surface area contributed by atoms with E-state index in [1.807, 2.05) is 0 Å². The van der Waals surface area contributed by atoms with E-state index in [2.05, 4.69) is 10.6 Å². The summed E-state index contributed by atoms with van der Waals surface area (Å²) in [5.74, 6) is -1.15. The van der Waals surface area contributed by atoms with Crippen molar-refractivity contribution in [3.63, 3.8) is 0 Å². The summed E-state index contributed by atoms with van der Waals surface area (Å²) in [6, 6.07) is 12.3. The van der Waals surface area contributed by atoms with Crippen molar-refractivity contribution in [2.75, 3.05) is 16.5 Å². The van der Waals surface area contributed by atoms with Crippen molar-refractivity contribution in [2.24, 2.45) is 0 Å². The summed E-state index contributed by atoms with van der Waals surface area (Å²) in [4.78, 5) is 24.5. The number of furan rings is 1. The second-order valence-electron chi connectivity index (χ2n) is 5.25. The molecule has 0 aliphatic heterocycles. The Morgan fingerprint density at radius 3 is 2.48 bits per heavy atom. The van der Waals surface area contributed by atoms with Crippen molar-refractivity contribution >= 4 is 45.8 Å². The Hall–Kier alpha value is -2.86. The number of alkyl halides is 1. The average Bonchev–Trinajstić information content (AvgIpc) is 2.96. The van der Waals surface area contributed by atoms with Crippen LogP contribution in [0.5, 0.6) is 0 Å². The van der Waals surface area contributed by atoms with Crippen LogP contribution in [0.15, 0.2) is 52.9 Å². The molecule has 0 atom stereocenters. The molecule has 3 aromatic rings. The van der Waals surface area contributed by atoms with E-state index in [0.29, 0.717) is 16.7 Å². The third-order valence-corrected chi connectivity index (χ3v) is 3.68. The number of halogens is 2. The third-order valence-electron chi connectivity index (χ3n) is 3.49. The van der Waals surface area contributed by atoms with Crippen molar-refractivity contribution in [3.8, 4) is 0 Å². The number of anilines is 2. The number of benzene rings is 2. The Morgan fingerprint density at radius 1 is 1.04 bits per heavy atom. The zero-order chi connectivity index (χ0) is 17.8. The smallest absolute Gasteiger partial charge is 0.293 e. The molecule has 0 unspecified atom stereocenters. The second kappa shape index (κ2) is 7.36. The van der Waals surface area contributed by atoms with Crippen molar-refractivity contribution in [1.82, 2.24) is 0 Å². The maximum atomic E-state index is 13.0. The first kappa shape index (κ1) is 17.0. The van der Waals surface area contributed by atoms with Gasteiger partial charge in [-0.25, -0.2) is 4.39 Å². The highest BCUT2D eigenvalue weighted by Gasteiger charge is 2.22. The van der Waals surface area contributed by atoms with Crippen LogP contribution in [0.25, 0.3) is 11.0 Å². The van der Waals surface area contributed by atoms with Gasteiger partial charge in [0.1, 0.15) is 17.1 Å². The van der Waals surface area contributed by atoms with Crippen LogP contribution in [0.2, 0.25) is 0 Å². The maximum absolute atomic E-state index is 13.0. The van der Waals surface area contributed by atoms with E-state index in [1.54, 1.807) is 24.3 Å². The van der Waals surface area contributed by atoms with Crippen LogP contribution in [0.1, 0.15) is 17.0 Å². The molecular formula is C18H14ClFN2O3. The summed E-state index contributed by atoms with van der Waals surface area (Å²) in [5.41, 5.74) is 1.16. The number of carbonyl (C=O) groups excluding carboxylic acids is 2. The summed E-state index contributed by atoms with van der Waals surface area (Å²) >= 11 is 5.58. The highest BCUT2D eigenvalue weighted by Crippen LogP contribution is 2.31. The van der Waals surface area contributed by atoms with Crippen LogP contribution in [0.4, 0.5) is 15.8 Å². The van der Waals surface area contributed by atoms with E-state index < -0.39 is 11.7 Å². The number of rotatable bonds is 5. The number of amides is 2. The molecule has 0 saturated heterocycles. The van der Waals surface area contributed by atoms with E-state index in [0.717, 1.165) is 0 Å².